The minimum atomic E-state index is -3.80. The first-order chi connectivity index (χ1) is 16.7. The Morgan fingerprint density at radius 1 is 1.03 bits per heavy atom. The van der Waals surface area contributed by atoms with Gasteiger partial charge in [-0.2, -0.15) is 4.31 Å². The highest BCUT2D eigenvalue weighted by Gasteiger charge is 2.40. The number of sulfonamides is 1. The maximum atomic E-state index is 12.6. The van der Waals surface area contributed by atoms with Crippen molar-refractivity contribution >= 4 is 27.8 Å². The summed E-state index contributed by atoms with van der Waals surface area (Å²) in [7, 11) is -3.80. The number of carbonyl (C=O) groups is 1. The average molecular weight is 519 g/mol. The SMILES string of the molecule is NC(CCO)c1ccc(F)cc1.O=C(O)C1SCCN1S(=O)(=O)c1ccc(-c2ccccc2)cc1. The van der Waals surface area contributed by atoms with Crippen LogP contribution in [0.15, 0.2) is 83.8 Å². The Balaban J connectivity index is 0.000000241. The lowest BCUT2D eigenvalue weighted by atomic mass is 10.1. The van der Waals surface area contributed by atoms with Gasteiger partial charge >= 0.3 is 5.97 Å². The van der Waals surface area contributed by atoms with Crippen LogP contribution in [0.25, 0.3) is 11.1 Å². The van der Waals surface area contributed by atoms with Crippen LogP contribution >= 0.6 is 11.8 Å². The lowest BCUT2D eigenvalue weighted by Gasteiger charge is -2.20. The maximum Gasteiger partial charge on any atom is 0.332 e. The molecule has 4 rings (SSSR count). The highest BCUT2D eigenvalue weighted by atomic mass is 32.2. The number of nitrogens with zero attached hydrogens (tertiary/aromatic N) is 1. The normalized spacial score (nSPS) is 16.8. The predicted octanol–water partition coefficient (Wildman–Crippen LogP) is 3.71. The van der Waals surface area contributed by atoms with E-state index in [9.17, 15) is 17.6 Å². The number of aliphatic hydroxyl groups is 1. The van der Waals surface area contributed by atoms with Crippen LogP contribution < -0.4 is 5.73 Å². The molecule has 0 bridgehead atoms. The summed E-state index contributed by atoms with van der Waals surface area (Å²) in [5.41, 5.74) is 8.43. The predicted molar refractivity (Wildman–Crippen MR) is 135 cm³/mol. The number of benzene rings is 3. The van der Waals surface area contributed by atoms with E-state index in [2.05, 4.69) is 0 Å². The average Bonchev–Trinajstić information content (AvgIpc) is 3.37. The molecule has 1 heterocycles. The Morgan fingerprint density at radius 2 is 1.63 bits per heavy atom. The summed E-state index contributed by atoms with van der Waals surface area (Å²) in [6, 6.07) is 22.0. The van der Waals surface area contributed by atoms with E-state index in [-0.39, 0.29) is 29.9 Å². The first-order valence-corrected chi connectivity index (χ1v) is 13.4. The van der Waals surface area contributed by atoms with Crippen molar-refractivity contribution in [2.75, 3.05) is 18.9 Å². The van der Waals surface area contributed by atoms with Crippen molar-refractivity contribution in [3.63, 3.8) is 0 Å². The molecule has 0 aliphatic carbocycles. The largest absolute Gasteiger partial charge is 0.479 e. The van der Waals surface area contributed by atoms with E-state index in [1.54, 1.807) is 24.3 Å². The smallest absolute Gasteiger partial charge is 0.332 e. The van der Waals surface area contributed by atoms with Crippen LogP contribution in [-0.2, 0) is 14.8 Å². The molecular formula is C25H27FN2O5S2. The minimum Gasteiger partial charge on any atom is -0.479 e. The fourth-order valence-corrected chi connectivity index (χ4v) is 6.50. The van der Waals surface area contributed by atoms with Gasteiger partial charge in [-0.25, -0.2) is 17.6 Å². The Kier molecular flexibility index (Phi) is 9.41. The lowest BCUT2D eigenvalue weighted by molar-refractivity contribution is -0.138. The third-order valence-corrected chi connectivity index (χ3v) is 8.57. The van der Waals surface area contributed by atoms with Crippen molar-refractivity contribution in [1.82, 2.24) is 4.31 Å². The Bertz CT molecular complexity index is 1210. The zero-order valence-electron chi connectivity index (χ0n) is 18.8. The lowest BCUT2D eigenvalue weighted by Crippen LogP contribution is -2.39. The molecule has 2 atom stereocenters. The second kappa shape index (κ2) is 12.3. The van der Waals surface area contributed by atoms with Gasteiger partial charge in [-0.3, -0.25) is 0 Å². The van der Waals surface area contributed by atoms with Crippen LogP contribution in [-0.4, -0.2) is 53.2 Å². The number of rotatable bonds is 7. The van der Waals surface area contributed by atoms with E-state index in [1.807, 2.05) is 30.3 Å². The van der Waals surface area contributed by atoms with Crippen molar-refractivity contribution < 1.29 is 27.8 Å². The van der Waals surface area contributed by atoms with Crippen molar-refractivity contribution in [3.05, 3.63) is 90.2 Å². The number of hydrogen-bond acceptors (Lipinski definition) is 6. The van der Waals surface area contributed by atoms with Gasteiger partial charge in [-0.15, -0.1) is 11.8 Å². The zero-order valence-corrected chi connectivity index (χ0v) is 20.5. The van der Waals surface area contributed by atoms with Gasteiger partial charge in [0.25, 0.3) is 0 Å². The number of thioether (sulfide) groups is 1. The Labute approximate surface area is 208 Å². The summed E-state index contributed by atoms with van der Waals surface area (Å²) in [6.07, 6.45) is 0.506. The van der Waals surface area contributed by atoms with Gasteiger partial charge in [0.2, 0.25) is 10.0 Å². The summed E-state index contributed by atoms with van der Waals surface area (Å²) in [5.74, 6) is -0.912. The van der Waals surface area contributed by atoms with Gasteiger partial charge in [0.15, 0.2) is 5.37 Å². The summed E-state index contributed by atoms with van der Waals surface area (Å²) >= 11 is 1.13. The van der Waals surface area contributed by atoms with Crippen LogP contribution in [0, 0.1) is 5.82 Å². The number of carboxylic acids is 1. The fraction of sp³-hybridized carbons (Fsp3) is 0.240. The van der Waals surface area contributed by atoms with E-state index >= 15 is 0 Å². The monoisotopic (exact) mass is 518 g/mol. The molecule has 35 heavy (non-hydrogen) atoms. The van der Waals surface area contributed by atoms with E-state index in [0.29, 0.717) is 12.2 Å². The van der Waals surface area contributed by atoms with E-state index in [1.165, 1.54) is 24.3 Å². The summed E-state index contributed by atoms with van der Waals surface area (Å²) in [4.78, 5) is 11.3. The number of aliphatic carboxylic acids is 1. The van der Waals surface area contributed by atoms with Crippen LogP contribution in [0.3, 0.4) is 0 Å². The molecule has 1 aliphatic heterocycles. The van der Waals surface area contributed by atoms with Gasteiger partial charge in [0.1, 0.15) is 5.82 Å². The second-order valence-corrected chi connectivity index (χ2v) is 10.8. The maximum absolute atomic E-state index is 12.6. The van der Waals surface area contributed by atoms with Crippen LogP contribution in [0.2, 0.25) is 0 Å². The molecule has 186 valence electrons. The molecule has 0 saturated carbocycles. The molecule has 3 aromatic rings. The van der Waals surface area contributed by atoms with Crippen molar-refractivity contribution in [2.45, 2.75) is 22.7 Å². The van der Waals surface area contributed by atoms with Gasteiger partial charge in [-0.1, -0.05) is 54.6 Å². The van der Waals surface area contributed by atoms with Crippen LogP contribution in [0.5, 0.6) is 0 Å². The molecule has 1 saturated heterocycles. The summed E-state index contributed by atoms with van der Waals surface area (Å²) in [6.45, 7) is 0.267. The molecule has 7 nitrogen and oxygen atoms in total. The summed E-state index contributed by atoms with van der Waals surface area (Å²) in [5, 5.41) is 16.7. The zero-order chi connectivity index (χ0) is 25.4. The highest BCUT2D eigenvalue weighted by molar-refractivity contribution is 8.02. The molecule has 0 spiro atoms. The molecule has 0 radical (unpaired) electrons. The Morgan fingerprint density at radius 3 is 2.20 bits per heavy atom. The quantitative estimate of drug-likeness (QED) is 0.436. The van der Waals surface area contributed by atoms with E-state index in [4.69, 9.17) is 15.9 Å². The van der Waals surface area contributed by atoms with Gasteiger partial charge in [0, 0.05) is 24.9 Å². The fourth-order valence-electron chi connectivity index (χ4n) is 3.50. The van der Waals surface area contributed by atoms with Crippen molar-refractivity contribution in [1.29, 1.82) is 0 Å². The minimum absolute atomic E-state index is 0.0541. The second-order valence-electron chi connectivity index (χ2n) is 7.74. The molecule has 2 unspecified atom stereocenters. The number of hydrogen-bond donors (Lipinski definition) is 3. The number of halogens is 1. The van der Waals surface area contributed by atoms with Gasteiger partial charge in [-0.05, 0) is 47.4 Å². The first kappa shape index (κ1) is 26.8. The van der Waals surface area contributed by atoms with Crippen molar-refractivity contribution in [2.24, 2.45) is 5.73 Å². The Hall–Kier alpha value is -2.76. The third kappa shape index (κ3) is 6.89. The molecule has 1 aliphatic rings. The first-order valence-electron chi connectivity index (χ1n) is 10.9. The number of carboxylic acid groups (broad SMARTS) is 1. The van der Waals surface area contributed by atoms with E-state index < -0.39 is 21.4 Å². The molecule has 4 N–H and O–H groups in total. The number of nitrogens with two attached hydrogens (primary N) is 1. The molecule has 1 fully saturated rings. The van der Waals surface area contributed by atoms with Gasteiger partial charge < -0.3 is 15.9 Å². The van der Waals surface area contributed by atoms with Crippen LogP contribution in [0.4, 0.5) is 4.39 Å². The standard InChI is InChI=1S/C16H15NO4S2.C9H12FNO/c18-16(19)15-17(10-11-22-15)23(20,21)14-8-6-13(7-9-14)12-4-2-1-3-5-12;10-8-3-1-7(2-4-8)9(11)5-6-12/h1-9,15H,10-11H2,(H,18,19);1-4,9,12H,5-6,11H2. The number of aliphatic hydroxyl groups excluding tert-OH is 1. The molecular weight excluding hydrogens is 491 g/mol. The van der Waals surface area contributed by atoms with Gasteiger partial charge in [0.05, 0.1) is 4.90 Å². The van der Waals surface area contributed by atoms with E-state index in [0.717, 1.165) is 32.8 Å². The molecule has 3 aromatic carbocycles. The molecule has 10 heteroatoms. The summed E-state index contributed by atoms with van der Waals surface area (Å²) < 4.78 is 38.8. The third-order valence-electron chi connectivity index (χ3n) is 5.37. The van der Waals surface area contributed by atoms with Crippen molar-refractivity contribution in [3.8, 4) is 11.1 Å². The molecule has 0 amide bonds. The van der Waals surface area contributed by atoms with Crippen LogP contribution in [0.1, 0.15) is 18.0 Å². The highest BCUT2D eigenvalue weighted by Crippen LogP contribution is 2.31. The topological polar surface area (TPSA) is 121 Å². The molecule has 0 aromatic heterocycles.